The van der Waals surface area contributed by atoms with Crippen molar-refractivity contribution < 1.29 is 18.3 Å². The molecule has 0 saturated carbocycles. The van der Waals surface area contributed by atoms with Crippen molar-refractivity contribution in [2.75, 3.05) is 11.9 Å². The molecule has 8 heteroatoms. The first kappa shape index (κ1) is 15.6. The Morgan fingerprint density at radius 3 is 2.52 bits per heavy atom. The highest BCUT2D eigenvalue weighted by Crippen LogP contribution is 2.30. The van der Waals surface area contributed by atoms with Gasteiger partial charge in [0.1, 0.15) is 5.52 Å². The number of nitrogens with one attached hydrogen (secondary N) is 1. The number of alkyl halides is 3. The fraction of sp³-hybridized carbons (Fsp3) is 0.538. The SMILES string of the molecule is CCC(O)(CC)CNc1nccn2nc(C(F)(F)F)cc12. The van der Waals surface area contributed by atoms with Crippen LogP contribution in [0.25, 0.3) is 5.52 Å². The van der Waals surface area contributed by atoms with E-state index >= 15 is 0 Å². The molecule has 0 unspecified atom stereocenters. The topological polar surface area (TPSA) is 62.5 Å². The van der Waals surface area contributed by atoms with Crippen LogP contribution in [0.4, 0.5) is 19.0 Å². The largest absolute Gasteiger partial charge is 0.435 e. The van der Waals surface area contributed by atoms with Crippen LogP contribution in [0.1, 0.15) is 32.4 Å². The minimum absolute atomic E-state index is 0.208. The lowest BCUT2D eigenvalue weighted by Crippen LogP contribution is -2.35. The zero-order valence-corrected chi connectivity index (χ0v) is 11.8. The summed E-state index contributed by atoms with van der Waals surface area (Å²) in [6, 6.07) is 0.937. The van der Waals surface area contributed by atoms with E-state index in [1.165, 1.54) is 12.4 Å². The molecule has 0 atom stereocenters. The van der Waals surface area contributed by atoms with E-state index in [2.05, 4.69) is 15.4 Å². The second kappa shape index (κ2) is 5.51. The van der Waals surface area contributed by atoms with Crippen LogP contribution in [-0.2, 0) is 6.18 Å². The Labute approximate surface area is 119 Å². The molecule has 21 heavy (non-hydrogen) atoms. The number of rotatable bonds is 5. The molecule has 2 rings (SSSR count). The molecule has 0 radical (unpaired) electrons. The van der Waals surface area contributed by atoms with Gasteiger partial charge in [-0.15, -0.1) is 0 Å². The molecule has 2 aromatic rings. The predicted molar refractivity (Wildman–Crippen MR) is 72.0 cm³/mol. The number of anilines is 1. The smallest absolute Gasteiger partial charge is 0.388 e. The summed E-state index contributed by atoms with van der Waals surface area (Å²) < 4.78 is 39.2. The molecule has 0 bridgehead atoms. The van der Waals surface area contributed by atoms with E-state index in [1.807, 2.05) is 13.8 Å². The molecule has 0 fully saturated rings. The van der Waals surface area contributed by atoms with E-state index in [1.54, 1.807) is 0 Å². The van der Waals surface area contributed by atoms with Crippen LogP contribution >= 0.6 is 0 Å². The van der Waals surface area contributed by atoms with Crippen molar-refractivity contribution in [3.8, 4) is 0 Å². The van der Waals surface area contributed by atoms with Crippen LogP contribution in [0.3, 0.4) is 0 Å². The van der Waals surface area contributed by atoms with Gasteiger partial charge in [-0.25, -0.2) is 9.50 Å². The molecule has 5 nitrogen and oxygen atoms in total. The Morgan fingerprint density at radius 1 is 1.29 bits per heavy atom. The number of hydrogen-bond acceptors (Lipinski definition) is 4. The van der Waals surface area contributed by atoms with Crippen LogP contribution in [0.15, 0.2) is 18.5 Å². The van der Waals surface area contributed by atoms with Gasteiger partial charge in [0.05, 0.1) is 5.60 Å². The molecule has 0 amide bonds. The van der Waals surface area contributed by atoms with Crippen molar-refractivity contribution in [1.82, 2.24) is 14.6 Å². The Bertz CT molecular complexity index is 619. The van der Waals surface area contributed by atoms with Gasteiger partial charge in [0, 0.05) is 25.0 Å². The van der Waals surface area contributed by atoms with E-state index in [9.17, 15) is 18.3 Å². The normalized spacial score (nSPS) is 12.9. The molecule has 0 saturated heterocycles. The summed E-state index contributed by atoms with van der Waals surface area (Å²) >= 11 is 0. The van der Waals surface area contributed by atoms with E-state index in [0.29, 0.717) is 12.8 Å². The molecule has 2 N–H and O–H groups in total. The maximum absolute atomic E-state index is 12.7. The first-order chi connectivity index (χ1) is 9.79. The second-order valence-electron chi connectivity index (χ2n) is 4.92. The minimum atomic E-state index is -4.50. The lowest BCUT2D eigenvalue weighted by atomic mass is 9.98. The van der Waals surface area contributed by atoms with Gasteiger partial charge in [-0.3, -0.25) is 0 Å². The molecular formula is C13H17F3N4O. The Kier molecular flexibility index (Phi) is 4.08. The second-order valence-corrected chi connectivity index (χ2v) is 4.92. The fourth-order valence-electron chi connectivity index (χ4n) is 1.95. The monoisotopic (exact) mass is 302 g/mol. The van der Waals surface area contributed by atoms with Crippen molar-refractivity contribution in [2.24, 2.45) is 0 Å². The van der Waals surface area contributed by atoms with Crippen LogP contribution in [0.5, 0.6) is 0 Å². The standard InChI is InChI=1S/C13H17F3N4O/c1-3-12(21,4-2)8-18-11-9-7-10(13(14,15)16)19-20(9)6-5-17-11/h5-7,21H,3-4,8H2,1-2H3,(H,17,18). The van der Waals surface area contributed by atoms with Crippen molar-refractivity contribution in [3.63, 3.8) is 0 Å². The lowest BCUT2D eigenvalue weighted by molar-refractivity contribution is -0.141. The fourth-order valence-corrected chi connectivity index (χ4v) is 1.95. The highest BCUT2D eigenvalue weighted by molar-refractivity contribution is 5.68. The number of aromatic nitrogens is 3. The van der Waals surface area contributed by atoms with Gasteiger partial charge >= 0.3 is 6.18 Å². The number of hydrogen-bond donors (Lipinski definition) is 2. The molecule has 0 spiro atoms. The average molecular weight is 302 g/mol. The zero-order chi connectivity index (χ0) is 15.7. The maximum atomic E-state index is 12.7. The Balaban J connectivity index is 2.30. The van der Waals surface area contributed by atoms with Gasteiger partial charge in [0.15, 0.2) is 11.5 Å². The van der Waals surface area contributed by atoms with Gasteiger partial charge in [-0.1, -0.05) is 13.8 Å². The number of halogens is 3. The van der Waals surface area contributed by atoms with E-state index in [0.717, 1.165) is 10.6 Å². The summed E-state index contributed by atoms with van der Waals surface area (Å²) in [4.78, 5) is 4.02. The summed E-state index contributed by atoms with van der Waals surface area (Å²) in [7, 11) is 0. The van der Waals surface area contributed by atoms with Crippen LogP contribution in [0, 0.1) is 0 Å². The summed E-state index contributed by atoms with van der Waals surface area (Å²) in [5.74, 6) is 0.265. The third kappa shape index (κ3) is 3.26. The van der Waals surface area contributed by atoms with Gasteiger partial charge in [0.25, 0.3) is 0 Å². The first-order valence-electron chi connectivity index (χ1n) is 6.67. The highest BCUT2D eigenvalue weighted by Gasteiger charge is 2.34. The molecule has 116 valence electrons. The third-order valence-corrected chi connectivity index (χ3v) is 3.58. The maximum Gasteiger partial charge on any atom is 0.435 e. The summed E-state index contributed by atoms with van der Waals surface area (Å²) in [5.41, 5.74) is -1.67. The molecular weight excluding hydrogens is 285 g/mol. The molecule has 0 aliphatic heterocycles. The van der Waals surface area contributed by atoms with Gasteiger partial charge in [-0.05, 0) is 12.8 Å². The summed E-state index contributed by atoms with van der Waals surface area (Å²) in [6.07, 6.45) is -0.725. The summed E-state index contributed by atoms with van der Waals surface area (Å²) in [5, 5.41) is 16.6. The molecule has 0 aliphatic rings. The number of aliphatic hydroxyl groups is 1. The Morgan fingerprint density at radius 2 is 1.95 bits per heavy atom. The third-order valence-electron chi connectivity index (χ3n) is 3.58. The average Bonchev–Trinajstić information content (AvgIpc) is 2.89. The van der Waals surface area contributed by atoms with Gasteiger partial charge < -0.3 is 10.4 Å². The van der Waals surface area contributed by atoms with Crippen molar-refractivity contribution in [1.29, 1.82) is 0 Å². The predicted octanol–water partition coefficient (Wildman–Crippen LogP) is 2.71. The van der Waals surface area contributed by atoms with Crippen LogP contribution < -0.4 is 5.32 Å². The van der Waals surface area contributed by atoms with E-state index in [-0.39, 0.29) is 17.9 Å². The quantitative estimate of drug-likeness (QED) is 0.891. The zero-order valence-electron chi connectivity index (χ0n) is 11.8. The highest BCUT2D eigenvalue weighted by atomic mass is 19.4. The number of nitrogens with zero attached hydrogens (tertiary/aromatic N) is 3. The Hall–Kier alpha value is -1.83. The molecule has 0 aromatic carbocycles. The molecule has 0 aliphatic carbocycles. The minimum Gasteiger partial charge on any atom is -0.388 e. The van der Waals surface area contributed by atoms with Gasteiger partial charge in [-0.2, -0.15) is 18.3 Å². The first-order valence-corrected chi connectivity index (χ1v) is 6.67. The van der Waals surface area contributed by atoms with E-state index < -0.39 is 17.5 Å². The molecule has 2 heterocycles. The summed E-state index contributed by atoms with van der Waals surface area (Å²) in [6.45, 7) is 3.90. The van der Waals surface area contributed by atoms with Crippen LogP contribution in [0.2, 0.25) is 0 Å². The lowest BCUT2D eigenvalue weighted by Gasteiger charge is -2.25. The van der Waals surface area contributed by atoms with Crippen molar-refractivity contribution >= 4 is 11.3 Å². The van der Waals surface area contributed by atoms with Crippen molar-refractivity contribution in [3.05, 3.63) is 24.2 Å². The number of fused-ring (bicyclic) bond motifs is 1. The van der Waals surface area contributed by atoms with Gasteiger partial charge in [0.2, 0.25) is 0 Å². The van der Waals surface area contributed by atoms with Crippen LogP contribution in [-0.4, -0.2) is 31.9 Å². The van der Waals surface area contributed by atoms with Crippen molar-refractivity contribution in [2.45, 2.75) is 38.5 Å². The van der Waals surface area contributed by atoms with E-state index in [4.69, 9.17) is 0 Å². The molecule has 2 aromatic heterocycles.